The molecule has 28 heavy (non-hydrogen) atoms. The first kappa shape index (κ1) is 21.7. The number of nitrogens with zero attached hydrogens (tertiary/aromatic N) is 1. The monoisotopic (exact) mass is 404 g/mol. The third-order valence-electron chi connectivity index (χ3n) is 4.04. The molecule has 0 saturated carbocycles. The molecule has 1 aromatic heterocycles. The van der Waals surface area contributed by atoms with Crippen LogP contribution in [-0.2, 0) is 19.7 Å². The zero-order valence-corrected chi connectivity index (χ0v) is 17.4. The molecule has 1 N–H and O–H groups in total. The SMILES string of the molecule is C[C@H](OC(=O)[C@H](C)Oc1ccc(C(C)(C)C)cc1)C(=O)Nc1cccnc1Cl. The highest BCUT2D eigenvalue weighted by Gasteiger charge is 2.24. The van der Waals surface area contributed by atoms with Crippen LogP contribution in [0.2, 0.25) is 5.15 Å². The Hall–Kier alpha value is -2.60. The number of benzene rings is 1. The molecule has 7 heteroatoms. The predicted molar refractivity (Wildman–Crippen MR) is 109 cm³/mol. The fourth-order valence-electron chi connectivity index (χ4n) is 2.32. The van der Waals surface area contributed by atoms with Crippen molar-refractivity contribution in [3.8, 4) is 5.75 Å². The lowest BCUT2D eigenvalue weighted by atomic mass is 9.87. The zero-order valence-electron chi connectivity index (χ0n) is 16.7. The first-order valence-corrected chi connectivity index (χ1v) is 9.35. The lowest BCUT2D eigenvalue weighted by Gasteiger charge is -2.20. The second-order valence-electron chi connectivity index (χ2n) is 7.44. The van der Waals surface area contributed by atoms with Crippen LogP contribution >= 0.6 is 11.6 Å². The van der Waals surface area contributed by atoms with E-state index in [1.165, 1.54) is 13.1 Å². The number of pyridine rings is 1. The summed E-state index contributed by atoms with van der Waals surface area (Å²) in [7, 11) is 0. The minimum atomic E-state index is -1.02. The van der Waals surface area contributed by atoms with E-state index in [1.807, 2.05) is 24.3 Å². The van der Waals surface area contributed by atoms with Gasteiger partial charge < -0.3 is 14.8 Å². The number of hydrogen-bond acceptors (Lipinski definition) is 5. The predicted octanol–water partition coefficient (Wildman–Crippen LogP) is 4.37. The van der Waals surface area contributed by atoms with Crippen LogP contribution < -0.4 is 10.1 Å². The van der Waals surface area contributed by atoms with Crippen molar-refractivity contribution in [1.82, 2.24) is 4.98 Å². The molecule has 1 heterocycles. The number of halogens is 1. The van der Waals surface area contributed by atoms with E-state index < -0.39 is 24.1 Å². The molecule has 1 aromatic carbocycles. The first-order chi connectivity index (χ1) is 13.1. The van der Waals surface area contributed by atoms with Gasteiger partial charge in [0.2, 0.25) is 0 Å². The number of amides is 1. The summed E-state index contributed by atoms with van der Waals surface area (Å²) in [5.41, 5.74) is 1.54. The molecule has 2 rings (SSSR count). The van der Waals surface area contributed by atoms with E-state index >= 15 is 0 Å². The van der Waals surface area contributed by atoms with E-state index in [0.717, 1.165) is 5.56 Å². The maximum Gasteiger partial charge on any atom is 0.347 e. The Morgan fingerprint density at radius 1 is 1.07 bits per heavy atom. The smallest absolute Gasteiger partial charge is 0.347 e. The Kier molecular flexibility index (Phi) is 7.02. The summed E-state index contributed by atoms with van der Waals surface area (Å²) in [6, 6.07) is 10.8. The maximum absolute atomic E-state index is 12.2. The average molecular weight is 405 g/mol. The Morgan fingerprint density at radius 2 is 1.71 bits per heavy atom. The van der Waals surface area contributed by atoms with E-state index in [0.29, 0.717) is 11.4 Å². The third-order valence-corrected chi connectivity index (χ3v) is 4.35. The van der Waals surface area contributed by atoms with E-state index in [-0.39, 0.29) is 10.6 Å². The molecule has 2 aromatic rings. The number of rotatable bonds is 6. The largest absolute Gasteiger partial charge is 0.479 e. The van der Waals surface area contributed by atoms with Crippen LogP contribution in [0.15, 0.2) is 42.6 Å². The van der Waals surface area contributed by atoms with Gasteiger partial charge in [-0.1, -0.05) is 44.5 Å². The lowest BCUT2D eigenvalue weighted by Crippen LogP contribution is -2.35. The maximum atomic E-state index is 12.2. The van der Waals surface area contributed by atoms with E-state index in [2.05, 4.69) is 31.1 Å². The van der Waals surface area contributed by atoms with Crippen LogP contribution in [0.1, 0.15) is 40.2 Å². The van der Waals surface area contributed by atoms with Gasteiger partial charge in [-0.25, -0.2) is 9.78 Å². The van der Waals surface area contributed by atoms with Gasteiger partial charge in [0.05, 0.1) is 5.69 Å². The second kappa shape index (κ2) is 9.06. The average Bonchev–Trinajstić information content (AvgIpc) is 2.63. The summed E-state index contributed by atoms with van der Waals surface area (Å²) in [5, 5.41) is 2.73. The molecule has 2 atom stereocenters. The van der Waals surface area contributed by atoms with Gasteiger partial charge in [-0.15, -0.1) is 0 Å². The lowest BCUT2D eigenvalue weighted by molar-refractivity contribution is -0.159. The first-order valence-electron chi connectivity index (χ1n) is 8.97. The van der Waals surface area contributed by atoms with Crippen molar-refractivity contribution in [3.63, 3.8) is 0 Å². The molecular formula is C21H25ClN2O4. The highest BCUT2D eigenvalue weighted by Crippen LogP contribution is 2.25. The number of carbonyl (C=O) groups excluding carboxylic acids is 2. The van der Waals surface area contributed by atoms with Crippen LogP contribution in [0.5, 0.6) is 5.75 Å². The van der Waals surface area contributed by atoms with Crippen molar-refractivity contribution < 1.29 is 19.1 Å². The number of ether oxygens (including phenoxy) is 2. The topological polar surface area (TPSA) is 77.5 Å². The van der Waals surface area contributed by atoms with Crippen LogP contribution in [0.25, 0.3) is 0 Å². The van der Waals surface area contributed by atoms with Crippen molar-refractivity contribution in [3.05, 3.63) is 53.3 Å². The molecule has 0 radical (unpaired) electrons. The molecule has 150 valence electrons. The number of aromatic nitrogens is 1. The molecule has 0 unspecified atom stereocenters. The fraction of sp³-hybridized carbons (Fsp3) is 0.381. The van der Waals surface area contributed by atoms with Crippen LogP contribution in [0, 0.1) is 0 Å². The summed E-state index contributed by atoms with van der Waals surface area (Å²) in [4.78, 5) is 28.3. The molecule has 0 bridgehead atoms. The number of carbonyl (C=O) groups is 2. The number of anilines is 1. The highest BCUT2D eigenvalue weighted by atomic mass is 35.5. The summed E-state index contributed by atoms with van der Waals surface area (Å²) >= 11 is 5.91. The number of hydrogen-bond donors (Lipinski definition) is 1. The molecule has 1 amide bonds. The van der Waals surface area contributed by atoms with Gasteiger partial charge in [-0.2, -0.15) is 0 Å². The second-order valence-corrected chi connectivity index (χ2v) is 7.80. The van der Waals surface area contributed by atoms with Crippen molar-refractivity contribution >= 4 is 29.2 Å². The Morgan fingerprint density at radius 3 is 2.29 bits per heavy atom. The quantitative estimate of drug-likeness (QED) is 0.571. The van der Waals surface area contributed by atoms with Crippen molar-refractivity contribution in [1.29, 1.82) is 0 Å². The highest BCUT2D eigenvalue weighted by molar-refractivity contribution is 6.32. The van der Waals surface area contributed by atoms with Gasteiger partial charge in [0.1, 0.15) is 5.75 Å². The Labute approximate surface area is 170 Å². The minimum absolute atomic E-state index is 0.0308. The van der Waals surface area contributed by atoms with Crippen LogP contribution in [0.4, 0.5) is 5.69 Å². The number of nitrogens with one attached hydrogen (secondary N) is 1. The molecule has 0 fully saturated rings. The van der Waals surface area contributed by atoms with Crippen molar-refractivity contribution in [2.75, 3.05) is 5.32 Å². The van der Waals surface area contributed by atoms with Gasteiger partial charge in [-0.3, -0.25) is 4.79 Å². The molecule has 0 aliphatic heterocycles. The molecule has 0 saturated heterocycles. The molecule has 6 nitrogen and oxygen atoms in total. The summed E-state index contributed by atoms with van der Waals surface area (Å²) in [6.45, 7) is 9.40. The fourth-order valence-corrected chi connectivity index (χ4v) is 2.49. The van der Waals surface area contributed by atoms with Crippen molar-refractivity contribution in [2.45, 2.75) is 52.2 Å². The van der Waals surface area contributed by atoms with Gasteiger partial charge in [0.25, 0.3) is 5.91 Å². The van der Waals surface area contributed by atoms with Crippen LogP contribution in [-0.4, -0.2) is 29.1 Å². The number of esters is 1. The summed E-state index contributed by atoms with van der Waals surface area (Å²) < 4.78 is 10.8. The third kappa shape index (κ3) is 5.96. The van der Waals surface area contributed by atoms with E-state index in [1.54, 1.807) is 19.1 Å². The zero-order chi connectivity index (χ0) is 20.9. The Bertz CT molecular complexity index is 831. The normalized spacial score (nSPS) is 13.4. The summed E-state index contributed by atoms with van der Waals surface area (Å²) in [6.07, 6.45) is -0.370. The van der Waals surface area contributed by atoms with Crippen molar-refractivity contribution in [2.24, 2.45) is 0 Å². The Balaban J connectivity index is 1.90. The molecule has 0 aliphatic rings. The summed E-state index contributed by atoms with van der Waals surface area (Å²) in [5.74, 6) is -0.596. The standard InChI is InChI=1S/C21H25ClN2O4/c1-13(19(25)24-17-7-6-12-23-18(17)22)28-20(26)14(2)27-16-10-8-15(9-11-16)21(3,4)5/h6-14H,1-5H3,(H,24,25)/t13-,14-/m0/s1. The van der Waals surface area contributed by atoms with E-state index in [9.17, 15) is 9.59 Å². The van der Waals surface area contributed by atoms with Gasteiger partial charge in [-0.05, 0) is 49.1 Å². The molecule has 0 aliphatic carbocycles. The molecular weight excluding hydrogens is 380 g/mol. The van der Waals surface area contributed by atoms with Gasteiger partial charge in [0.15, 0.2) is 17.4 Å². The van der Waals surface area contributed by atoms with Crippen LogP contribution in [0.3, 0.4) is 0 Å². The molecule has 0 spiro atoms. The van der Waals surface area contributed by atoms with Gasteiger partial charge in [0, 0.05) is 6.20 Å². The van der Waals surface area contributed by atoms with E-state index in [4.69, 9.17) is 21.1 Å². The minimum Gasteiger partial charge on any atom is -0.479 e. The van der Waals surface area contributed by atoms with Gasteiger partial charge >= 0.3 is 5.97 Å².